The van der Waals surface area contributed by atoms with Crippen molar-refractivity contribution in [2.24, 2.45) is 0 Å². The summed E-state index contributed by atoms with van der Waals surface area (Å²) in [7, 11) is 0. The van der Waals surface area contributed by atoms with Crippen LogP contribution in [-0.2, 0) is 11.2 Å². The molecule has 110 valence electrons. The number of para-hydroxylation sites is 1. The lowest BCUT2D eigenvalue weighted by atomic mass is 10.1. The highest BCUT2D eigenvalue weighted by atomic mass is 16.6. The summed E-state index contributed by atoms with van der Waals surface area (Å²) in [5, 5.41) is 30.5. The van der Waals surface area contributed by atoms with E-state index in [2.05, 4.69) is 0 Å². The van der Waals surface area contributed by atoms with E-state index in [9.17, 15) is 20.3 Å². The molecule has 2 N–H and O–H groups in total. The third kappa shape index (κ3) is 3.53. The van der Waals surface area contributed by atoms with Crippen LogP contribution in [0, 0.1) is 10.1 Å². The van der Waals surface area contributed by atoms with Gasteiger partial charge >= 0.3 is 0 Å². The minimum absolute atomic E-state index is 0.00737. The summed E-state index contributed by atoms with van der Waals surface area (Å²) in [5.41, 5.74) is 0.506. The van der Waals surface area contributed by atoms with Crippen LogP contribution in [0.2, 0.25) is 0 Å². The largest absolute Gasteiger partial charge is 0.394 e. The van der Waals surface area contributed by atoms with Gasteiger partial charge in [-0.15, -0.1) is 0 Å². The number of hydrogen-bond acceptors (Lipinski definition) is 5. The van der Waals surface area contributed by atoms with Crippen LogP contribution in [0.4, 0.5) is 5.69 Å². The maximum Gasteiger partial charge on any atom is 0.272 e. The average Bonchev–Trinajstić information content (AvgIpc) is 2.85. The fourth-order valence-electron chi connectivity index (χ4n) is 2.61. The van der Waals surface area contributed by atoms with Gasteiger partial charge in [-0.3, -0.25) is 10.1 Å². The SMILES string of the molecule is O=[N+]([O-])c1ccccc1CC(CO)OC1(O)CCCC1. The number of aliphatic hydroxyl groups excluding tert-OH is 1. The van der Waals surface area contributed by atoms with E-state index in [4.69, 9.17) is 4.74 Å². The number of ether oxygens (including phenoxy) is 1. The van der Waals surface area contributed by atoms with Crippen LogP contribution in [0.3, 0.4) is 0 Å². The molecular formula is C14H19NO5. The Hall–Kier alpha value is -1.50. The Balaban J connectivity index is 2.08. The van der Waals surface area contributed by atoms with E-state index >= 15 is 0 Å². The highest BCUT2D eigenvalue weighted by Crippen LogP contribution is 2.32. The third-order valence-corrected chi connectivity index (χ3v) is 3.61. The van der Waals surface area contributed by atoms with Crippen LogP contribution in [0.5, 0.6) is 0 Å². The van der Waals surface area contributed by atoms with Crippen molar-refractivity contribution in [3.63, 3.8) is 0 Å². The van der Waals surface area contributed by atoms with Gasteiger partial charge < -0.3 is 14.9 Å². The smallest absolute Gasteiger partial charge is 0.272 e. The second-order valence-corrected chi connectivity index (χ2v) is 5.17. The average molecular weight is 281 g/mol. The van der Waals surface area contributed by atoms with Gasteiger partial charge in [0.15, 0.2) is 5.79 Å². The molecule has 1 aliphatic rings. The molecule has 0 radical (unpaired) electrons. The Kier molecular flexibility index (Phi) is 4.69. The summed E-state index contributed by atoms with van der Waals surface area (Å²) in [4.78, 5) is 10.5. The molecule has 1 aromatic carbocycles. The van der Waals surface area contributed by atoms with E-state index in [-0.39, 0.29) is 18.7 Å². The van der Waals surface area contributed by atoms with Crippen molar-refractivity contribution in [1.29, 1.82) is 0 Å². The Morgan fingerprint density at radius 2 is 2.00 bits per heavy atom. The van der Waals surface area contributed by atoms with Crippen LogP contribution < -0.4 is 0 Å². The molecule has 1 aliphatic carbocycles. The van der Waals surface area contributed by atoms with Crippen LogP contribution >= 0.6 is 0 Å². The fourth-order valence-corrected chi connectivity index (χ4v) is 2.61. The van der Waals surface area contributed by atoms with Crippen molar-refractivity contribution in [2.75, 3.05) is 6.61 Å². The molecule has 0 aromatic heterocycles. The molecule has 6 heteroatoms. The van der Waals surface area contributed by atoms with Crippen LogP contribution in [-0.4, -0.2) is 33.6 Å². The zero-order valence-electron chi connectivity index (χ0n) is 11.2. The van der Waals surface area contributed by atoms with Crippen molar-refractivity contribution in [2.45, 2.75) is 44.0 Å². The Morgan fingerprint density at radius 3 is 2.60 bits per heavy atom. The second-order valence-electron chi connectivity index (χ2n) is 5.17. The first kappa shape index (κ1) is 14.9. The lowest BCUT2D eigenvalue weighted by molar-refractivity contribution is -0.385. The number of aliphatic hydroxyl groups is 2. The van der Waals surface area contributed by atoms with Gasteiger partial charge in [0.2, 0.25) is 0 Å². The molecule has 0 aliphatic heterocycles. The van der Waals surface area contributed by atoms with Gasteiger partial charge in [-0.25, -0.2) is 0 Å². The summed E-state index contributed by atoms with van der Waals surface area (Å²) >= 11 is 0. The minimum atomic E-state index is -1.20. The van der Waals surface area contributed by atoms with Gasteiger partial charge in [-0.1, -0.05) is 18.2 Å². The number of nitro groups is 1. The first-order chi connectivity index (χ1) is 9.54. The van der Waals surface area contributed by atoms with Crippen molar-refractivity contribution in [1.82, 2.24) is 0 Å². The standard InChI is InChI=1S/C14H19NO5/c16-10-12(20-14(17)7-3-4-8-14)9-11-5-1-2-6-13(11)15(18)19/h1-2,5-6,12,16-17H,3-4,7-10H2. The number of rotatable bonds is 6. The molecule has 2 rings (SSSR count). The fraction of sp³-hybridized carbons (Fsp3) is 0.571. The summed E-state index contributed by atoms with van der Waals surface area (Å²) < 4.78 is 5.57. The summed E-state index contributed by atoms with van der Waals surface area (Å²) in [5.74, 6) is -1.20. The van der Waals surface area contributed by atoms with Crippen molar-refractivity contribution >= 4 is 5.69 Å². The molecule has 1 unspecified atom stereocenters. The van der Waals surface area contributed by atoms with Gasteiger partial charge in [0.05, 0.1) is 17.6 Å². The van der Waals surface area contributed by atoms with Gasteiger partial charge in [0.25, 0.3) is 5.69 Å². The van der Waals surface area contributed by atoms with Crippen LogP contribution in [0.1, 0.15) is 31.2 Å². The summed E-state index contributed by atoms with van der Waals surface area (Å²) in [6.07, 6.45) is 2.43. The predicted molar refractivity (Wildman–Crippen MR) is 72.2 cm³/mol. The number of nitro benzene ring substituents is 1. The van der Waals surface area contributed by atoms with Crippen molar-refractivity contribution in [3.8, 4) is 0 Å². The van der Waals surface area contributed by atoms with E-state index in [1.54, 1.807) is 18.2 Å². The first-order valence-electron chi connectivity index (χ1n) is 6.77. The Labute approximate surface area is 117 Å². The van der Waals surface area contributed by atoms with Gasteiger partial charge in [0, 0.05) is 30.9 Å². The molecule has 6 nitrogen and oxygen atoms in total. The molecular weight excluding hydrogens is 262 g/mol. The molecule has 20 heavy (non-hydrogen) atoms. The van der Waals surface area contributed by atoms with E-state index in [1.807, 2.05) is 0 Å². The maximum atomic E-state index is 11.0. The molecule has 1 fully saturated rings. The predicted octanol–water partition coefficient (Wildman–Crippen LogP) is 1.78. The van der Waals surface area contributed by atoms with Crippen molar-refractivity contribution < 1.29 is 19.9 Å². The van der Waals surface area contributed by atoms with E-state index in [0.717, 1.165) is 12.8 Å². The van der Waals surface area contributed by atoms with Crippen LogP contribution in [0.15, 0.2) is 24.3 Å². The lowest BCUT2D eigenvalue weighted by Gasteiger charge is -2.28. The molecule has 0 bridgehead atoms. The molecule has 1 aromatic rings. The van der Waals surface area contributed by atoms with Gasteiger partial charge in [-0.05, 0) is 12.8 Å². The Bertz CT molecular complexity index is 470. The minimum Gasteiger partial charge on any atom is -0.394 e. The highest BCUT2D eigenvalue weighted by molar-refractivity contribution is 5.40. The molecule has 1 saturated carbocycles. The monoisotopic (exact) mass is 281 g/mol. The van der Waals surface area contributed by atoms with E-state index in [1.165, 1.54) is 6.07 Å². The maximum absolute atomic E-state index is 11.0. The molecule has 0 saturated heterocycles. The number of nitrogens with zero attached hydrogens (tertiary/aromatic N) is 1. The topological polar surface area (TPSA) is 92.8 Å². The normalized spacial score (nSPS) is 18.9. The van der Waals surface area contributed by atoms with Gasteiger partial charge in [-0.2, -0.15) is 0 Å². The highest BCUT2D eigenvalue weighted by Gasteiger charge is 2.35. The van der Waals surface area contributed by atoms with Crippen LogP contribution in [0.25, 0.3) is 0 Å². The quantitative estimate of drug-likeness (QED) is 0.471. The van der Waals surface area contributed by atoms with E-state index < -0.39 is 16.8 Å². The molecule has 0 spiro atoms. The molecule has 0 heterocycles. The molecule has 0 amide bonds. The number of benzene rings is 1. The third-order valence-electron chi connectivity index (χ3n) is 3.61. The zero-order valence-corrected chi connectivity index (χ0v) is 11.2. The summed E-state index contributed by atoms with van der Waals surface area (Å²) in [6.45, 7) is -0.283. The van der Waals surface area contributed by atoms with Gasteiger partial charge in [0.1, 0.15) is 0 Å². The second kappa shape index (κ2) is 6.30. The molecule has 1 atom stereocenters. The zero-order chi connectivity index (χ0) is 14.6. The summed E-state index contributed by atoms with van der Waals surface area (Å²) in [6, 6.07) is 6.37. The Morgan fingerprint density at radius 1 is 1.35 bits per heavy atom. The van der Waals surface area contributed by atoms with Crippen molar-refractivity contribution in [3.05, 3.63) is 39.9 Å². The number of hydrogen-bond donors (Lipinski definition) is 2. The van der Waals surface area contributed by atoms with E-state index in [0.29, 0.717) is 18.4 Å². The first-order valence-corrected chi connectivity index (χ1v) is 6.77. The lowest BCUT2D eigenvalue weighted by Crippen LogP contribution is -2.36.